The van der Waals surface area contributed by atoms with Gasteiger partial charge in [-0.25, -0.2) is 0 Å². The minimum Gasteiger partial charge on any atom is -0.333 e. The van der Waals surface area contributed by atoms with Crippen molar-refractivity contribution in [1.82, 2.24) is 5.32 Å². The van der Waals surface area contributed by atoms with Crippen molar-refractivity contribution in [2.45, 2.75) is 55.0 Å². The van der Waals surface area contributed by atoms with Gasteiger partial charge in [0.15, 0.2) is 0 Å². The third-order valence-corrected chi connectivity index (χ3v) is 2.46. The van der Waals surface area contributed by atoms with Crippen molar-refractivity contribution in [2.24, 2.45) is 5.73 Å². The van der Waals surface area contributed by atoms with E-state index in [1.807, 2.05) is 43.4 Å². The number of nitrogens with one attached hydrogen (secondary N) is 1. The van der Waals surface area contributed by atoms with Crippen molar-refractivity contribution >= 4 is 18.2 Å². The molecule has 4 heteroatoms. The number of nitrogens with two attached hydrogens (primary N) is 1. The van der Waals surface area contributed by atoms with Gasteiger partial charge in [-0.15, -0.1) is 12.4 Å². The van der Waals surface area contributed by atoms with E-state index in [1.165, 1.54) is 32.0 Å². The van der Waals surface area contributed by atoms with Gasteiger partial charge in [0.25, 0.3) is 0 Å². The number of ketones is 1. The van der Waals surface area contributed by atoms with E-state index in [0.717, 1.165) is 0 Å². The summed E-state index contributed by atoms with van der Waals surface area (Å²) in [4.78, 5) is 9.44. The summed E-state index contributed by atoms with van der Waals surface area (Å²) in [5, 5.41) is 3.03. The molecule has 0 atom stereocenters. The fraction of sp³-hybridized carbons (Fsp3) is 0.435. The first-order valence-electron chi connectivity index (χ1n) is 8.55. The summed E-state index contributed by atoms with van der Waals surface area (Å²) in [6.45, 7) is 11.4. The van der Waals surface area contributed by atoms with E-state index in [2.05, 4.69) is 63.0 Å². The molecular weight excluding hydrogens is 356 g/mol. The number of carbonyl (C=O) groups is 1. The largest absolute Gasteiger partial charge is 0.333 e. The maximum Gasteiger partial charge on any atom is 0.126 e. The van der Waals surface area contributed by atoms with Gasteiger partial charge in [0.05, 0.1) is 0 Å². The van der Waals surface area contributed by atoms with Crippen molar-refractivity contribution < 1.29 is 4.79 Å². The second-order valence-electron chi connectivity index (χ2n) is 5.66. The zero-order valence-electron chi connectivity index (χ0n) is 17.7. The molecule has 3 nitrogen and oxygen atoms in total. The Balaban J connectivity index is -0.0000000772. The molecule has 0 bridgehead atoms. The summed E-state index contributed by atoms with van der Waals surface area (Å²) in [5.41, 5.74) is 7.14. The van der Waals surface area contributed by atoms with Crippen LogP contribution in [0.2, 0.25) is 0 Å². The molecule has 0 amide bonds. The molecule has 0 radical (unpaired) electrons. The zero-order valence-corrected chi connectivity index (χ0v) is 18.6. The lowest BCUT2D eigenvalue weighted by molar-refractivity contribution is -0.114. The highest BCUT2D eigenvalue weighted by molar-refractivity contribution is 5.85. The Morgan fingerprint density at radius 3 is 1.07 bits per heavy atom. The number of benzene rings is 2. The Labute approximate surface area is 175 Å². The highest BCUT2D eigenvalue weighted by atomic mass is 35.5. The fourth-order valence-corrected chi connectivity index (χ4v) is 1.07. The normalized spacial score (nSPS) is 7.48. The molecule has 0 aliphatic carbocycles. The van der Waals surface area contributed by atoms with E-state index in [9.17, 15) is 4.79 Å². The lowest BCUT2D eigenvalue weighted by atomic mass is 10.2. The predicted molar refractivity (Wildman–Crippen MR) is 127 cm³/mol. The van der Waals surface area contributed by atoms with E-state index in [0.29, 0.717) is 6.04 Å². The van der Waals surface area contributed by atoms with E-state index < -0.39 is 0 Å². The van der Waals surface area contributed by atoms with Crippen molar-refractivity contribution in [3.63, 3.8) is 0 Å². The van der Waals surface area contributed by atoms with Crippen LogP contribution in [-0.2, 0) is 4.79 Å². The van der Waals surface area contributed by atoms with Gasteiger partial charge in [-0.1, -0.05) is 93.1 Å². The smallest absolute Gasteiger partial charge is 0.126 e. The topological polar surface area (TPSA) is 55.1 Å². The van der Waals surface area contributed by atoms with Gasteiger partial charge < -0.3 is 15.8 Å². The minimum absolute atomic E-state index is 0. The van der Waals surface area contributed by atoms with Crippen molar-refractivity contribution in [3.8, 4) is 0 Å². The Kier molecular flexibility index (Phi) is 39.1. The van der Waals surface area contributed by atoms with Crippen molar-refractivity contribution in [1.29, 1.82) is 0 Å². The van der Waals surface area contributed by atoms with Crippen LogP contribution in [0.5, 0.6) is 0 Å². The molecule has 0 aliphatic rings. The van der Waals surface area contributed by atoms with Gasteiger partial charge in [-0.3, -0.25) is 0 Å². The summed E-state index contributed by atoms with van der Waals surface area (Å²) in [6, 6.07) is 21.2. The van der Waals surface area contributed by atoms with Gasteiger partial charge in [0, 0.05) is 6.04 Å². The molecule has 158 valence electrons. The number of hydrogen-bond acceptors (Lipinski definition) is 3. The van der Waals surface area contributed by atoms with Gasteiger partial charge in [0.1, 0.15) is 5.78 Å². The molecule has 0 spiro atoms. The first kappa shape index (κ1) is 36.3. The summed E-state index contributed by atoms with van der Waals surface area (Å²) in [7, 11) is 3.45. The monoisotopic (exact) mass is 398 g/mol. The summed E-state index contributed by atoms with van der Waals surface area (Å²) >= 11 is 0. The van der Waals surface area contributed by atoms with E-state index in [4.69, 9.17) is 0 Å². The average molecular weight is 399 g/mol. The van der Waals surface area contributed by atoms with Crippen LogP contribution < -0.4 is 11.1 Å². The maximum atomic E-state index is 9.44. The molecule has 0 unspecified atom stereocenters. The number of halogens is 1. The molecule has 27 heavy (non-hydrogen) atoms. The third kappa shape index (κ3) is 45.5. The summed E-state index contributed by atoms with van der Waals surface area (Å²) < 4.78 is 0. The van der Waals surface area contributed by atoms with Gasteiger partial charge in [-0.05, 0) is 41.8 Å². The van der Waals surface area contributed by atoms with Crippen LogP contribution in [0.25, 0.3) is 0 Å². The third-order valence-electron chi connectivity index (χ3n) is 2.46. The number of rotatable bonds is 1. The average Bonchev–Trinajstić information content (AvgIpc) is 2.59. The van der Waals surface area contributed by atoms with Crippen LogP contribution in [-0.4, -0.2) is 25.9 Å². The van der Waals surface area contributed by atoms with Gasteiger partial charge in [0.2, 0.25) is 0 Å². The quantitative estimate of drug-likeness (QED) is 0.635. The predicted octanol–water partition coefficient (Wildman–Crippen LogP) is 5.83. The van der Waals surface area contributed by atoms with Crippen LogP contribution in [0.15, 0.2) is 60.7 Å². The van der Waals surface area contributed by atoms with Gasteiger partial charge >= 0.3 is 0 Å². The first-order chi connectivity index (χ1) is 11.8. The number of carbonyl (C=O) groups excluding carboxylic acids is 1. The van der Waals surface area contributed by atoms with E-state index in [1.54, 1.807) is 0 Å². The highest BCUT2D eigenvalue weighted by Gasteiger charge is 1.77. The molecule has 2 rings (SSSR count). The number of aryl methyl sites for hydroxylation is 2. The molecule has 2 aromatic rings. The molecule has 0 saturated heterocycles. The second kappa shape index (κ2) is 29.1. The molecule has 0 saturated carbocycles. The molecule has 0 fully saturated rings. The standard InChI is InChI=1S/2C7H8.C4H11N.C3H6O.CH5N.CH4.ClH/c2*1-7-5-3-2-4-6-7;1-4(2)5-3;1-3(2)4;1-2;;/h2*2-6H,1H3;4-5H,1-3H3;1-2H3;2H2,1H3;1H4;1H. The van der Waals surface area contributed by atoms with Crippen LogP contribution in [0.4, 0.5) is 0 Å². The minimum atomic E-state index is 0. The molecule has 3 N–H and O–H groups in total. The molecular formula is C23H43ClN2O. The van der Waals surface area contributed by atoms with Crippen LogP contribution >= 0.6 is 12.4 Å². The number of Topliss-reactive ketones (excluding diaryl/α,β-unsaturated/α-hetero) is 1. The van der Waals surface area contributed by atoms with Crippen molar-refractivity contribution in [3.05, 3.63) is 71.8 Å². The lowest BCUT2D eigenvalue weighted by Gasteiger charge is -1.95. The van der Waals surface area contributed by atoms with E-state index in [-0.39, 0.29) is 25.6 Å². The maximum absolute atomic E-state index is 9.44. The Bertz CT molecular complexity index is 447. The van der Waals surface area contributed by atoms with Crippen LogP contribution in [0.1, 0.15) is 46.2 Å². The fourth-order valence-electron chi connectivity index (χ4n) is 1.07. The van der Waals surface area contributed by atoms with Crippen LogP contribution in [0, 0.1) is 13.8 Å². The lowest BCUT2D eigenvalue weighted by Crippen LogP contribution is -2.15. The Morgan fingerprint density at radius 2 is 1.00 bits per heavy atom. The second-order valence-corrected chi connectivity index (χ2v) is 5.66. The van der Waals surface area contributed by atoms with E-state index >= 15 is 0 Å². The molecule has 0 heterocycles. The Morgan fingerprint density at radius 1 is 0.815 bits per heavy atom. The zero-order chi connectivity index (χ0) is 20.1. The molecule has 0 aromatic heterocycles. The Hall–Kier alpha value is -1.68. The molecule has 0 aliphatic heterocycles. The summed E-state index contributed by atoms with van der Waals surface area (Å²) in [5.74, 6) is 0.167. The SMILES string of the molecule is C.CC(C)=O.CN.CNC(C)C.Cc1ccccc1.Cc1ccccc1.Cl. The first-order valence-corrected chi connectivity index (χ1v) is 8.55. The van der Waals surface area contributed by atoms with Crippen LogP contribution in [0.3, 0.4) is 0 Å². The summed E-state index contributed by atoms with van der Waals surface area (Å²) in [6.07, 6.45) is 0. The highest BCUT2D eigenvalue weighted by Crippen LogP contribution is 1.92. The number of hydrogen-bond donors (Lipinski definition) is 2. The molecule has 2 aromatic carbocycles. The van der Waals surface area contributed by atoms with Crippen molar-refractivity contribution in [2.75, 3.05) is 14.1 Å². The van der Waals surface area contributed by atoms with Gasteiger partial charge in [-0.2, -0.15) is 0 Å².